The second-order valence-electron chi connectivity index (χ2n) is 1.01. The molecule has 0 nitrogen and oxygen atoms in total. The van der Waals surface area contributed by atoms with E-state index in [1.807, 2.05) is 0 Å². The van der Waals surface area contributed by atoms with E-state index < -0.39 is 8.11 Å². The van der Waals surface area contributed by atoms with Crippen molar-refractivity contribution in [2.24, 2.45) is 0 Å². The Morgan fingerprint density at radius 2 is 1.75 bits per heavy atom. The minimum atomic E-state index is -0.667. The molecule has 4 heavy (non-hydrogen) atoms. The SMILES string of the molecule is C[SiH](C)Cl.[HH]. The Labute approximate surface area is 34.6 Å². The van der Waals surface area contributed by atoms with Crippen LogP contribution in [0.1, 0.15) is 1.43 Å². The topological polar surface area (TPSA) is 0 Å². The monoisotopic (exact) mass is 96.0 g/mol. The second-order valence-corrected chi connectivity index (χ2v) is 5.66. The molecule has 0 aromatic carbocycles. The molecular formula is C2H9ClSi. The van der Waals surface area contributed by atoms with Crippen LogP contribution in [0.5, 0.6) is 0 Å². The third kappa shape index (κ3) is 22.2. The van der Waals surface area contributed by atoms with Gasteiger partial charge in [-0.1, -0.05) is 13.1 Å². The van der Waals surface area contributed by atoms with E-state index in [0.29, 0.717) is 0 Å². The normalized spacial score (nSPS) is 9.00. The lowest BCUT2D eigenvalue weighted by atomic mass is 11.9. The zero-order chi connectivity index (χ0) is 3.58. The minimum absolute atomic E-state index is 0. The molecule has 0 saturated heterocycles. The third-order valence-electron chi connectivity index (χ3n) is 0. The van der Waals surface area contributed by atoms with E-state index in [0.717, 1.165) is 0 Å². The lowest BCUT2D eigenvalue weighted by molar-refractivity contribution is 2.10. The smallest absolute Gasteiger partial charge is 0.134 e. The maximum atomic E-state index is 5.41. The van der Waals surface area contributed by atoms with E-state index in [4.69, 9.17) is 11.1 Å². The van der Waals surface area contributed by atoms with Crippen molar-refractivity contribution in [2.75, 3.05) is 0 Å². The van der Waals surface area contributed by atoms with Crippen LogP contribution in [0, 0.1) is 0 Å². The minimum Gasteiger partial charge on any atom is -0.172 e. The van der Waals surface area contributed by atoms with Gasteiger partial charge in [-0.25, -0.2) is 0 Å². The van der Waals surface area contributed by atoms with Crippen LogP contribution in [0.3, 0.4) is 0 Å². The largest absolute Gasteiger partial charge is 0.172 e. The maximum absolute atomic E-state index is 5.41. The van der Waals surface area contributed by atoms with Gasteiger partial charge in [0.05, 0.1) is 0 Å². The van der Waals surface area contributed by atoms with Gasteiger partial charge in [-0.05, 0) is 0 Å². The Kier molecular flexibility index (Phi) is 2.02. The predicted molar refractivity (Wildman–Crippen MR) is 26.8 cm³/mol. The molecule has 28 valence electrons. The summed E-state index contributed by atoms with van der Waals surface area (Å²) in [5.74, 6) is 0. The molecule has 0 aliphatic heterocycles. The van der Waals surface area contributed by atoms with Crippen molar-refractivity contribution in [3.8, 4) is 0 Å². The molecule has 0 saturated carbocycles. The van der Waals surface area contributed by atoms with Gasteiger partial charge in [0.1, 0.15) is 8.11 Å². The standard InChI is InChI=1S/C2H7ClSi.H2/c1-4(2)3;/h4H,1-2H3;1H. The zero-order valence-corrected chi connectivity index (χ0v) is 4.87. The first-order valence-corrected chi connectivity index (χ1v) is 5.43. The van der Waals surface area contributed by atoms with Crippen molar-refractivity contribution in [2.45, 2.75) is 13.1 Å². The summed E-state index contributed by atoms with van der Waals surface area (Å²) in [5.41, 5.74) is 0. The van der Waals surface area contributed by atoms with Gasteiger partial charge in [0.2, 0.25) is 0 Å². The molecule has 0 aromatic heterocycles. The molecule has 0 fully saturated rings. The zero-order valence-electron chi connectivity index (χ0n) is 2.96. The summed E-state index contributed by atoms with van der Waals surface area (Å²) in [4.78, 5) is 0. The lowest BCUT2D eigenvalue weighted by Crippen LogP contribution is -1.78. The summed E-state index contributed by atoms with van der Waals surface area (Å²) in [5, 5.41) is 0. The van der Waals surface area contributed by atoms with Crippen molar-refractivity contribution < 1.29 is 1.43 Å². The van der Waals surface area contributed by atoms with E-state index in [1.165, 1.54) is 0 Å². The van der Waals surface area contributed by atoms with E-state index in [-0.39, 0.29) is 1.43 Å². The van der Waals surface area contributed by atoms with E-state index in [9.17, 15) is 0 Å². The van der Waals surface area contributed by atoms with Gasteiger partial charge in [-0.3, -0.25) is 0 Å². The van der Waals surface area contributed by atoms with Gasteiger partial charge in [0, 0.05) is 1.43 Å². The van der Waals surface area contributed by atoms with Crippen molar-refractivity contribution in [3.63, 3.8) is 0 Å². The van der Waals surface area contributed by atoms with Crippen molar-refractivity contribution >= 4 is 19.2 Å². The van der Waals surface area contributed by atoms with Gasteiger partial charge in [0.15, 0.2) is 0 Å². The van der Waals surface area contributed by atoms with Crippen molar-refractivity contribution in [1.29, 1.82) is 0 Å². The fourth-order valence-corrected chi connectivity index (χ4v) is 0. The summed E-state index contributed by atoms with van der Waals surface area (Å²) in [7, 11) is -0.667. The molecular weight excluding hydrogens is 87.6 g/mol. The van der Waals surface area contributed by atoms with Gasteiger partial charge in [0.25, 0.3) is 0 Å². The Hall–Kier alpha value is 0.507. The van der Waals surface area contributed by atoms with Gasteiger partial charge in [-0.2, -0.15) is 11.1 Å². The molecule has 0 heterocycles. The first-order chi connectivity index (χ1) is 1.73. The lowest BCUT2D eigenvalue weighted by Gasteiger charge is -1.72. The van der Waals surface area contributed by atoms with Crippen LogP contribution in [0.15, 0.2) is 0 Å². The number of halogens is 1. The first kappa shape index (κ1) is 4.51. The molecule has 0 aliphatic rings. The summed E-state index contributed by atoms with van der Waals surface area (Å²) >= 11 is 5.41. The highest BCUT2D eigenvalue weighted by Crippen LogP contribution is 1.79. The Morgan fingerprint density at radius 1 is 1.75 bits per heavy atom. The summed E-state index contributed by atoms with van der Waals surface area (Å²) < 4.78 is 0. The van der Waals surface area contributed by atoms with Gasteiger partial charge < -0.3 is 0 Å². The Bertz CT molecular complexity index is 14.4. The highest BCUT2D eigenvalue weighted by Gasteiger charge is 1.76. The van der Waals surface area contributed by atoms with E-state index >= 15 is 0 Å². The first-order valence-electron chi connectivity index (χ1n) is 1.37. The maximum Gasteiger partial charge on any atom is 0.134 e. The van der Waals surface area contributed by atoms with E-state index in [1.54, 1.807) is 0 Å². The van der Waals surface area contributed by atoms with Crippen molar-refractivity contribution in [3.05, 3.63) is 0 Å². The molecule has 0 bridgehead atoms. The van der Waals surface area contributed by atoms with Crippen LogP contribution < -0.4 is 0 Å². The van der Waals surface area contributed by atoms with Crippen LogP contribution in [-0.4, -0.2) is 8.11 Å². The molecule has 0 aliphatic carbocycles. The van der Waals surface area contributed by atoms with Gasteiger partial charge >= 0.3 is 0 Å². The molecule has 0 amide bonds. The van der Waals surface area contributed by atoms with Crippen molar-refractivity contribution in [1.82, 2.24) is 0 Å². The molecule has 0 spiro atoms. The summed E-state index contributed by atoms with van der Waals surface area (Å²) in [6.07, 6.45) is 0. The fourth-order valence-electron chi connectivity index (χ4n) is 0. The Balaban J connectivity index is 0. The average Bonchev–Trinajstić information content (AvgIpc) is 0.811. The average molecular weight is 96.6 g/mol. The number of rotatable bonds is 0. The molecule has 0 radical (unpaired) electrons. The third-order valence-corrected chi connectivity index (χ3v) is 0. The number of hydrogen-bond donors (Lipinski definition) is 0. The highest BCUT2D eigenvalue weighted by atomic mass is 35.6. The summed E-state index contributed by atoms with van der Waals surface area (Å²) in [6, 6.07) is 0. The molecule has 0 aromatic rings. The summed E-state index contributed by atoms with van der Waals surface area (Å²) in [6.45, 7) is 4.14. The predicted octanol–water partition coefficient (Wildman–Crippen LogP) is 1.45. The molecule has 0 atom stereocenters. The van der Waals surface area contributed by atoms with Gasteiger partial charge in [-0.15, -0.1) is 0 Å². The van der Waals surface area contributed by atoms with Crippen LogP contribution in [0.2, 0.25) is 13.1 Å². The highest BCUT2D eigenvalue weighted by molar-refractivity contribution is 7.05. The van der Waals surface area contributed by atoms with Crippen LogP contribution in [0.25, 0.3) is 0 Å². The second kappa shape index (κ2) is 1.79. The van der Waals surface area contributed by atoms with Crippen LogP contribution in [-0.2, 0) is 0 Å². The van der Waals surface area contributed by atoms with Crippen LogP contribution in [0.4, 0.5) is 0 Å². The Morgan fingerprint density at radius 3 is 1.75 bits per heavy atom. The fraction of sp³-hybridized carbons (Fsp3) is 1.00. The van der Waals surface area contributed by atoms with Crippen LogP contribution >= 0.6 is 11.1 Å². The number of hydrogen-bond acceptors (Lipinski definition) is 0. The quantitative estimate of drug-likeness (QED) is 0.316. The van der Waals surface area contributed by atoms with E-state index in [2.05, 4.69) is 13.1 Å². The molecule has 0 N–H and O–H groups in total. The molecule has 0 unspecified atom stereocenters. The molecule has 0 rings (SSSR count). The molecule has 2 heteroatoms.